The number of methoxy groups -OCH3 is 1. The minimum Gasteiger partial charge on any atom is -0.494 e. The molecule has 0 aliphatic heterocycles. The number of nitrogens with one attached hydrogen (secondary N) is 1. The summed E-state index contributed by atoms with van der Waals surface area (Å²) in [5.74, 6) is -1.11. The highest BCUT2D eigenvalue weighted by Crippen LogP contribution is 2.21. The Kier molecular flexibility index (Phi) is 5.86. The maximum Gasteiger partial charge on any atom is 0.165 e. The normalized spacial score (nSPS) is 10.6. The Morgan fingerprint density at radius 1 is 1.24 bits per heavy atom. The molecule has 0 bridgehead atoms. The van der Waals surface area contributed by atoms with Crippen LogP contribution in [0.4, 0.5) is 8.78 Å². The first-order valence-corrected chi connectivity index (χ1v) is 5.52. The average molecular weight is 245 g/mol. The fourth-order valence-corrected chi connectivity index (χ4v) is 1.47. The van der Waals surface area contributed by atoms with Gasteiger partial charge in [0.2, 0.25) is 0 Å². The predicted octanol–water partition coefficient (Wildman–Crippen LogP) is 1.49. The lowest BCUT2D eigenvalue weighted by atomic mass is 10.1. The molecule has 0 aromatic heterocycles. The van der Waals surface area contributed by atoms with Crippen LogP contribution in [-0.2, 0) is 6.42 Å². The molecular weight excluding hydrogens is 228 g/mol. The number of benzene rings is 1. The summed E-state index contributed by atoms with van der Waals surface area (Å²) in [4.78, 5) is 0. The van der Waals surface area contributed by atoms with Crippen molar-refractivity contribution in [3.63, 3.8) is 0 Å². The lowest BCUT2D eigenvalue weighted by Gasteiger charge is -2.08. The van der Waals surface area contributed by atoms with E-state index in [9.17, 15) is 8.78 Å². The van der Waals surface area contributed by atoms with Crippen molar-refractivity contribution in [1.29, 1.82) is 0 Å². The van der Waals surface area contributed by atoms with Gasteiger partial charge in [-0.3, -0.25) is 0 Å². The van der Waals surface area contributed by atoms with Gasteiger partial charge >= 0.3 is 0 Å². The van der Waals surface area contributed by atoms with Gasteiger partial charge in [0.1, 0.15) is 5.82 Å². The van der Waals surface area contributed by atoms with E-state index < -0.39 is 11.6 Å². The summed E-state index contributed by atoms with van der Waals surface area (Å²) in [6.07, 6.45) is 1.05. The van der Waals surface area contributed by atoms with Crippen molar-refractivity contribution >= 4 is 0 Å². The van der Waals surface area contributed by atoms with E-state index in [4.69, 9.17) is 5.11 Å². The minimum absolute atomic E-state index is 0.0838. The molecule has 0 saturated carbocycles. The largest absolute Gasteiger partial charge is 0.494 e. The van der Waals surface area contributed by atoms with Gasteiger partial charge in [0.15, 0.2) is 11.6 Å². The Morgan fingerprint density at radius 3 is 2.65 bits per heavy atom. The van der Waals surface area contributed by atoms with Crippen LogP contribution in [0.15, 0.2) is 12.1 Å². The molecule has 1 rings (SSSR count). The minimum atomic E-state index is -0.556. The van der Waals surface area contributed by atoms with E-state index >= 15 is 0 Å². The summed E-state index contributed by atoms with van der Waals surface area (Å²) in [5.41, 5.74) is 0.319. The van der Waals surface area contributed by atoms with Crippen molar-refractivity contribution in [2.75, 3.05) is 26.8 Å². The average Bonchev–Trinajstić information content (AvgIpc) is 2.32. The SMILES string of the molecule is COc1cc(F)c(CCNCCCO)cc1F. The fraction of sp³-hybridized carbons (Fsp3) is 0.500. The van der Waals surface area contributed by atoms with Crippen LogP contribution < -0.4 is 10.1 Å². The zero-order chi connectivity index (χ0) is 12.7. The highest BCUT2D eigenvalue weighted by atomic mass is 19.1. The number of ether oxygens (including phenoxy) is 1. The Morgan fingerprint density at radius 2 is 2.00 bits per heavy atom. The zero-order valence-electron chi connectivity index (χ0n) is 9.80. The first-order chi connectivity index (χ1) is 8.19. The molecule has 0 heterocycles. The third-order valence-corrected chi connectivity index (χ3v) is 2.40. The second-order valence-corrected chi connectivity index (χ2v) is 3.66. The molecule has 0 fully saturated rings. The molecule has 0 atom stereocenters. The Labute approximate surface area is 99.4 Å². The molecule has 1 aromatic rings. The van der Waals surface area contributed by atoms with Gasteiger partial charge in [-0.15, -0.1) is 0 Å². The number of rotatable bonds is 7. The molecule has 0 aliphatic carbocycles. The van der Waals surface area contributed by atoms with Gasteiger partial charge in [-0.1, -0.05) is 0 Å². The molecule has 0 radical (unpaired) electrons. The second-order valence-electron chi connectivity index (χ2n) is 3.66. The quantitative estimate of drug-likeness (QED) is 0.715. The van der Waals surface area contributed by atoms with Crippen molar-refractivity contribution in [2.24, 2.45) is 0 Å². The van der Waals surface area contributed by atoms with Crippen molar-refractivity contribution in [2.45, 2.75) is 12.8 Å². The lowest BCUT2D eigenvalue weighted by molar-refractivity contribution is 0.286. The summed E-state index contributed by atoms with van der Waals surface area (Å²) < 4.78 is 31.5. The van der Waals surface area contributed by atoms with E-state index in [2.05, 4.69) is 10.1 Å². The van der Waals surface area contributed by atoms with E-state index in [0.717, 1.165) is 12.1 Å². The number of aliphatic hydroxyl groups excluding tert-OH is 1. The van der Waals surface area contributed by atoms with Gasteiger partial charge in [0, 0.05) is 12.7 Å². The first kappa shape index (κ1) is 13.9. The molecule has 0 unspecified atom stereocenters. The van der Waals surface area contributed by atoms with Crippen molar-refractivity contribution in [3.05, 3.63) is 29.3 Å². The molecule has 2 N–H and O–H groups in total. The number of hydrogen-bond donors (Lipinski definition) is 2. The van der Waals surface area contributed by atoms with Gasteiger partial charge in [-0.25, -0.2) is 8.78 Å². The topological polar surface area (TPSA) is 41.5 Å². The summed E-state index contributed by atoms with van der Waals surface area (Å²) >= 11 is 0. The number of halogens is 2. The standard InChI is InChI=1S/C12H17F2NO2/c1-17-12-8-10(13)9(7-11(12)14)3-5-15-4-2-6-16/h7-8,15-16H,2-6H2,1H3. The molecule has 0 aliphatic rings. The molecule has 17 heavy (non-hydrogen) atoms. The second kappa shape index (κ2) is 7.19. The van der Waals surface area contributed by atoms with Crippen LogP contribution in [0.1, 0.15) is 12.0 Å². The summed E-state index contributed by atoms with van der Waals surface area (Å²) in [6, 6.07) is 2.21. The summed E-state index contributed by atoms with van der Waals surface area (Å²) in [6.45, 7) is 1.33. The van der Waals surface area contributed by atoms with Crippen LogP contribution in [0.25, 0.3) is 0 Å². The van der Waals surface area contributed by atoms with Crippen molar-refractivity contribution < 1.29 is 18.6 Å². The zero-order valence-corrected chi connectivity index (χ0v) is 9.80. The van der Waals surface area contributed by atoms with Crippen LogP contribution in [0.5, 0.6) is 5.75 Å². The molecule has 0 saturated heterocycles. The molecule has 0 amide bonds. The Hall–Kier alpha value is -1.20. The van der Waals surface area contributed by atoms with E-state index in [1.165, 1.54) is 7.11 Å². The third-order valence-electron chi connectivity index (χ3n) is 2.40. The van der Waals surface area contributed by atoms with Crippen molar-refractivity contribution in [3.8, 4) is 5.75 Å². The third kappa shape index (κ3) is 4.28. The number of aliphatic hydroxyl groups is 1. The molecule has 96 valence electrons. The molecule has 5 heteroatoms. The predicted molar refractivity (Wildman–Crippen MR) is 61.2 cm³/mol. The fourth-order valence-electron chi connectivity index (χ4n) is 1.47. The monoisotopic (exact) mass is 245 g/mol. The summed E-state index contributed by atoms with van der Waals surface area (Å²) in [5, 5.41) is 11.6. The highest BCUT2D eigenvalue weighted by Gasteiger charge is 2.09. The lowest BCUT2D eigenvalue weighted by Crippen LogP contribution is -2.19. The molecular formula is C12H17F2NO2. The van der Waals surface area contributed by atoms with Gasteiger partial charge in [-0.2, -0.15) is 0 Å². The van der Waals surface area contributed by atoms with Crippen LogP contribution in [0.3, 0.4) is 0 Å². The van der Waals surface area contributed by atoms with Gasteiger partial charge in [-0.05, 0) is 37.6 Å². The Bertz CT molecular complexity index is 359. The van der Waals surface area contributed by atoms with E-state index in [1.54, 1.807) is 0 Å². The summed E-state index contributed by atoms with van der Waals surface area (Å²) in [7, 11) is 1.30. The van der Waals surface area contributed by atoms with E-state index in [1.807, 2.05) is 0 Å². The number of hydrogen-bond acceptors (Lipinski definition) is 3. The first-order valence-electron chi connectivity index (χ1n) is 5.52. The molecule has 0 spiro atoms. The van der Waals surface area contributed by atoms with Crippen LogP contribution >= 0.6 is 0 Å². The maximum absolute atomic E-state index is 13.5. The van der Waals surface area contributed by atoms with E-state index in [-0.39, 0.29) is 12.4 Å². The van der Waals surface area contributed by atoms with Gasteiger partial charge in [0.25, 0.3) is 0 Å². The highest BCUT2D eigenvalue weighted by molar-refractivity contribution is 5.31. The smallest absolute Gasteiger partial charge is 0.165 e. The van der Waals surface area contributed by atoms with Gasteiger partial charge < -0.3 is 15.2 Å². The van der Waals surface area contributed by atoms with Crippen LogP contribution in [0.2, 0.25) is 0 Å². The van der Waals surface area contributed by atoms with E-state index in [0.29, 0.717) is 31.5 Å². The van der Waals surface area contributed by atoms with Crippen LogP contribution in [-0.4, -0.2) is 31.9 Å². The van der Waals surface area contributed by atoms with Crippen LogP contribution in [0, 0.1) is 11.6 Å². The molecule has 3 nitrogen and oxygen atoms in total. The van der Waals surface area contributed by atoms with Crippen molar-refractivity contribution in [1.82, 2.24) is 5.32 Å². The maximum atomic E-state index is 13.5. The Balaban J connectivity index is 2.51. The van der Waals surface area contributed by atoms with Gasteiger partial charge in [0.05, 0.1) is 7.11 Å². The molecule has 1 aromatic carbocycles.